The van der Waals surface area contributed by atoms with E-state index in [-0.39, 0.29) is 11.3 Å². The predicted molar refractivity (Wildman–Crippen MR) is 104 cm³/mol. The highest BCUT2D eigenvalue weighted by Gasteiger charge is 2.73. The van der Waals surface area contributed by atoms with E-state index in [2.05, 4.69) is 46.4 Å². The van der Waals surface area contributed by atoms with Crippen LogP contribution in [0.3, 0.4) is 0 Å². The lowest BCUT2D eigenvalue weighted by molar-refractivity contribution is -0.150. The van der Waals surface area contributed by atoms with Gasteiger partial charge < -0.3 is 0 Å². The van der Waals surface area contributed by atoms with E-state index in [1.54, 1.807) is 0 Å². The Kier molecular flexibility index (Phi) is 3.91. The highest BCUT2D eigenvalue weighted by atomic mass is 16.1. The molecule has 0 radical (unpaired) electrons. The van der Waals surface area contributed by atoms with Gasteiger partial charge in [0.1, 0.15) is 0 Å². The molecule has 3 saturated carbocycles. The van der Waals surface area contributed by atoms with Gasteiger partial charge in [-0.15, -0.1) is 6.58 Å². The summed E-state index contributed by atoms with van der Waals surface area (Å²) >= 11 is 0. The first-order valence-corrected chi connectivity index (χ1v) is 10.7. The fourth-order valence-electron chi connectivity index (χ4n) is 8.28. The Bertz CT molecular complexity index is 618. The molecule has 138 valence electrons. The molecular weight excluding hydrogens is 304 g/mol. The van der Waals surface area contributed by atoms with Gasteiger partial charge in [-0.05, 0) is 78.1 Å². The highest BCUT2D eigenvalue weighted by molar-refractivity contribution is 5.93. The zero-order chi connectivity index (χ0) is 18.0. The van der Waals surface area contributed by atoms with Crippen LogP contribution in [0.5, 0.6) is 0 Å². The maximum absolute atomic E-state index is 12.3. The minimum atomic E-state index is 0.207. The standard InChI is InChI=1S/C24H36O/c1-6-8-18-9-10-21-22(4)13-12-20(25)16(3)19(22)11-14-23(21,5)24(18)15-17(24)7-2/h7,12-13,16-19,21H,2,6,8-11,14-15H2,1,3-5H3. The smallest absolute Gasteiger partial charge is 0.158 e. The number of carbonyl (C=O) groups is 1. The molecular formula is C24H36O. The number of hydrogen-bond donors (Lipinski definition) is 0. The number of ketones is 1. The fraction of sp³-hybridized carbons (Fsp3) is 0.792. The molecule has 0 bridgehead atoms. The van der Waals surface area contributed by atoms with E-state index >= 15 is 0 Å². The van der Waals surface area contributed by atoms with Crippen LogP contribution in [0.15, 0.2) is 24.8 Å². The molecule has 0 aromatic heterocycles. The number of fused-ring (bicyclic) bond motifs is 4. The SMILES string of the molecule is C=CC1CC12C(CCC)CCC1C3(C)C=CC(=O)C(C)C3CCC12C. The van der Waals surface area contributed by atoms with Crippen LogP contribution >= 0.6 is 0 Å². The third-order valence-electron chi connectivity index (χ3n) is 9.53. The van der Waals surface area contributed by atoms with Gasteiger partial charge in [0.2, 0.25) is 0 Å². The van der Waals surface area contributed by atoms with Crippen LogP contribution in [0.25, 0.3) is 0 Å². The molecule has 0 amide bonds. The Labute approximate surface area is 154 Å². The third kappa shape index (κ3) is 2.05. The van der Waals surface area contributed by atoms with Gasteiger partial charge >= 0.3 is 0 Å². The lowest BCUT2D eigenvalue weighted by Crippen LogP contribution is -2.58. The average Bonchev–Trinajstić information content (AvgIpc) is 3.32. The minimum absolute atomic E-state index is 0.207. The lowest BCUT2D eigenvalue weighted by Gasteiger charge is -2.64. The number of rotatable bonds is 3. The molecule has 4 rings (SSSR count). The van der Waals surface area contributed by atoms with E-state index in [9.17, 15) is 4.79 Å². The highest BCUT2D eigenvalue weighted by Crippen LogP contribution is 2.79. The molecule has 0 aliphatic heterocycles. The van der Waals surface area contributed by atoms with E-state index in [0.29, 0.717) is 22.5 Å². The summed E-state index contributed by atoms with van der Waals surface area (Å²) in [5, 5.41) is 0. The topological polar surface area (TPSA) is 17.1 Å². The summed E-state index contributed by atoms with van der Waals surface area (Å²) in [6.45, 7) is 13.8. The molecule has 0 aromatic carbocycles. The Morgan fingerprint density at radius 1 is 1.28 bits per heavy atom. The normalized spacial score (nSPS) is 54.1. The molecule has 1 spiro atoms. The molecule has 1 nitrogen and oxygen atoms in total. The summed E-state index contributed by atoms with van der Waals surface area (Å²) in [6.07, 6.45) is 15.9. The van der Waals surface area contributed by atoms with Gasteiger partial charge in [0.25, 0.3) is 0 Å². The second-order valence-electron chi connectivity index (χ2n) is 10.2. The van der Waals surface area contributed by atoms with Gasteiger partial charge in [-0.25, -0.2) is 0 Å². The minimum Gasteiger partial charge on any atom is -0.295 e. The van der Waals surface area contributed by atoms with Crippen LogP contribution in [-0.2, 0) is 4.79 Å². The Balaban J connectivity index is 1.77. The second-order valence-corrected chi connectivity index (χ2v) is 10.2. The fourth-order valence-corrected chi connectivity index (χ4v) is 8.28. The van der Waals surface area contributed by atoms with Gasteiger partial charge in [-0.1, -0.05) is 52.7 Å². The molecule has 4 aliphatic carbocycles. The van der Waals surface area contributed by atoms with Crippen molar-refractivity contribution in [3.8, 4) is 0 Å². The molecule has 0 heterocycles. The quantitative estimate of drug-likeness (QED) is 0.559. The molecule has 0 aromatic rings. The number of carbonyl (C=O) groups excluding carboxylic acids is 1. The molecule has 25 heavy (non-hydrogen) atoms. The lowest BCUT2D eigenvalue weighted by atomic mass is 9.40. The molecule has 0 N–H and O–H groups in total. The van der Waals surface area contributed by atoms with E-state index in [4.69, 9.17) is 0 Å². The van der Waals surface area contributed by atoms with E-state index in [0.717, 1.165) is 17.8 Å². The number of allylic oxidation sites excluding steroid dienone is 3. The van der Waals surface area contributed by atoms with Gasteiger partial charge in [-0.3, -0.25) is 4.79 Å². The van der Waals surface area contributed by atoms with Crippen molar-refractivity contribution in [1.29, 1.82) is 0 Å². The molecule has 0 saturated heterocycles. The van der Waals surface area contributed by atoms with Crippen LogP contribution in [0.1, 0.15) is 72.6 Å². The van der Waals surface area contributed by atoms with Crippen LogP contribution in [0.2, 0.25) is 0 Å². The van der Waals surface area contributed by atoms with Crippen LogP contribution in [0, 0.1) is 45.8 Å². The Morgan fingerprint density at radius 3 is 2.68 bits per heavy atom. The zero-order valence-electron chi connectivity index (χ0n) is 16.7. The van der Waals surface area contributed by atoms with Crippen molar-refractivity contribution in [1.82, 2.24) is 0 Å². The molecule has 8 unspecified atom stereocenters. The summed E-state index contributed by atoms with van der Waals surface area (Å²) in [5.74, 6) is 3.44. The van der Waals surface area contributed by atoms with Gasteiger partial charge in [0.15, 0.2) is 5.78 Å². The van der Waals surface area contributed by atoms with E-state index in [1.807, 2.05) is 6.08 Å². The van der Waals surface area contributed by atoms with Crippen molar-refractivity contribution in [3.05, 3.63) is 24.8 Å². The van der Waals surface area contributed by atoms with Crippen molar-refractivity contribution in [2.45, 2.75) is 72.6 Å². The summed E-state index contributed by atoms with van der Waals surface area (Å²) < 4.78 is 0. The summed E-state index contributed by atoms with van der Waals surface area (Å²) in [4.78, 5) is 12.3. The van der Waals surface area contributed by atoms with Gasteiger partial charge in [-0.2, -0.15) is 0 Å². The maximum atomic E-state index is 12.3. The van der Waals surface area contributed by atoms with Crippen molar-refractivity contribution < 1.29 is 4.79 Å². The Morgan fingerprint density at radius 2 is 2.04 bits per heavy atom. The van der Waals surface area contributed by atoms with E-state index < -0.39 is 0 Å². The predicted octanol–water partition coefficient (Wildman–Crippen LogP) is 6.20. The number of hydrogen-bond acceptors (Lipinski definition) is 1. The summed E-state index contributed by atoms with van der Waals surface area (Å²) in [5.41, 5.74) is 1.12. The van der Waals surface area contributed by atoms with Crippen LogP contribution in [0.4, 0.5) is 0 Å². The van der Waals surface area contributed by atoms with Crippen molar-refractivity contribution in [3.63, 3.8) is 0 Å². The Hall–Kier alpha value is -0.850. The van der Waals surface area contributed by atoms with Gasteiger partial charge in [0.05, 0.1) is 0 Å². The van der Waals surface area contributed by atoms with Crippen molar-refractivity contribution in [2.24, 2.45) is 45.8 Å². The van der Waals surface area contributed by atoms with Crippen molar-refractivity contribution >= 4 is 5.78 Å². The molecule has 1 heteroatoms. The first-order chi connectivity index (χ1) is 11.8. The zero-order valence-corrected chi connectivity index (χ0v) is 16.7. The first kappa shape index (κ1) is 17.6. The molecule has 3 fully saturated rings. The molecule has 8 atom stereocenters. The first-order valence-electron chi connectivity index (χ1n) is 10.7. The summed E-state index contributed by atoms with van der Waals surface area (Å²) in [7, 11) is 0. The molecule has 4 aliphatic rings. The van der Waals surface area contributed by atoms with Crippen LogP contribution in [-0.4, -0.2) is 5.78 Å². The second kappa shape index (κ2) is 5.57. The third-order valence-corrected chi connectivity index (χ3v) is 9.53. The average molecular weight is 341 g/mol. The van der Waals surface area contributed by atoms with Gasteiger partial charge in [0, 0.05) is 5.92 Å². The van der Waals surface area contributed by atoms with Crippen LogP contribution < -0.4 is 0 Å². The largest absolute Gasteiger partial charge is 0.295 e. The summed E-state index contributed by atoms with van der Waals surface area (Å²) in [6, 6.07) is 0. The van der Waals surface area contributed by atoms with E-state index in [1.165, 1.54) is 44.9 Å². The maximum Gasteiger partial charge on any atom is 0.158 e. The monoisotopic (exact) mass is 340 g/mol. The van der Waals surface area contributed by atoms with Crippen molar-refractivity contribution in [2.75, 3.05) is 0 Å².